The molecule has 1 aliphatic rings. The van der Waals surface area contributed by atoms with E-state index in [-0.39, 0.29) is 0 Å². The van der Waals surface area contributed by atoms with E-state index in [0.29, 0.717) is 11.8 Å². The third-order valence-corrected chi connectivity index (χ3v) is 3.49. The average molecular weight is 221 g/mol. The van der Waals surface area contributed by atoms with E-state index in [1.54, 1.807) is 7.11 Å². The maximum Gasteiger partial charge on any atom is 0.0636 e. The lowest BCUT2D eigenvalue weighted by Gasteiger charge is -2.33. The van der Waals surface area contributed by atoms with Crippen molar-refractivity contribution in [1.29, 1.82) is 0 Å². The number of hydrogen-bond donors (Lipinski definition) is 1. The SMILES string of the molecule is C=C(C)[C@@H]1CC(NOC)=C(C)[C@@H](C(=C)C)C1. The molecule has 0 heterocycles. The van der Waals surface area contributed by atoms with Crippen molar-refractivity contribution in [3.05, 3.63) is 35.6 Å². The highest BCUT2D eigenvalue weighted by Crippen LogP contribution is 2.38. The summed E-state index contributed by atoms with van der Waals surface area (Å²) >= 11 is 0. The van der Waals surface area contributed by atoms with Gasteiger partial charge in [-0.2, -0.15) is 0 Å². The van der Waals surface area contributed by atoms with Crippen LogP contribution in [0.25, 0.3) is 0 Å². The fourth-order valence-electron chi connectivity index (χ4n) is 2.35. The minimum Gasteiger partial charge on any atom is -0.280 e. The summed E-state index contributed by atoms with van der Waals surface area (Å²) in [6.45, 7) is 14.5. The molecule has 0 amide bonds. The van der Waals surface area contributed by atoms with Gasteiger partial charge in [-0.1, -0.05) is 24.3 Å². The maximum atomic E-state index is 5.04. The molecule has 0 aliphatic heterocycles. The van der Waals surface area contributed by atoms with Crippen LogP contribution in [0.4, 0.5) is 0 Å². The number of nitrogens with one attached hydrogen (secondary N) is 1. The van der Waals surface area contributed by atoms with Crippen molar-refractivity contribution in [1.82, 2.24) is 5.48 Å². The standard InChI is InChI=1S/C14H23NO/c1-9(2)12-7-13(10(3)4)11(5)14(8-12)15-16-6/h12-13,15H,1,3,7-8H2,2,4-6H3/t12-,13+/m0/s1. The third-order valence-electron chi connectivity index (χ3n) is 3.49. The normalized spacial score (nSPS) is 25.5. The molecule has 16 heavy (non-hydrogen) atoms. The second-order valence-electron chi connectivity index (χ2n) is 4.85. The fraction of sp³-hybridized carbons (Fsp3) is 0.571. The Morgan fingerprint density at radius 3 is 2.38 bits per heavy atom. The van der Waals surface area contributed by atoms with Crippen LogP contribution in [-0.4, -0.2) is 7.11 Å². The van der Waals surface area contributed by atoms with Crippen LogP contribution < -0.4 is 5.48 Å². The highest BCUT2D eigenvalue weighted by atomic mass is 16.6. The second-order valence-corrected chi connectivity index (χ2v) is 4.85. The Morgan fingerprint density at radius 2 is 1.94 bits per heavy atom. The molecule has 0 radical (unpaired) electrons. The summed E-state index contributed by atoms with van der Waals surface area (Å²) < 4.78 is 0. The molecular weight excluding hydrogens is 198 g/mol. The minimum absolute atomic E-state index is 0.452. The van der Waals surface area contributed by atoms with Crippen molar-refractivity contribution in [2.24, 2.45) is 11.8 Å². The Hall–Kier alpha value is -1.02. The second kappa shape index (κ2) is 5.35. The van der Waals surface area contributed by atoms with E-state index in [4.69, 9.17) is 4.84 Å². The molecule has 0 bridgehead atoms. The van der Waals surface area contributed by atoms with E-state index in [2.05, 4.69) is 39.4 Å². The van der Waals surface area contributed by atoms with Gasteiger partial charge in [-0.15, -0.1) is 0 Å². The van der Waals surface area contributed by atoms with Crippen LogP contribution in [0.5, 0.6) is 0 Å². The molecule has 0 aromatic rings. The van der Waals surface area contributed by atoms with Gasteiger partial charge in [-0.25, -0.2) is 0 Å². The molecule has 2 nitrogen and oxygen atoms in total. The summed E-state index contributed by atoms with van der Waals surface area (Å²) in [5.41, 5.74) is 8.01. The Kier molecular flexibility index (Phi) is 4.36. The number of hydroxylamine groups is 1. The van der Waals surface area contributed by atoms with Gasteiger partial charge in [0.25, 0.3) is 0 Å². The molecule has 2 atom stereocenters. The van der Waals surface area contributed by atoms with Crippen LogP contribution in [0.15, 0.2) is 35.6 Å². The summed E-state index contributed by atoms with van der Waals surface area (Å²) in [6, 6.07) is 0. The lowest BCUT2D eigenvalue weighted by Crippen LogP contribution is -2.26. The predicted octanol–water partition coefficient (Wildman–Crippen LogP) is 3.59. The molecule has 0 saturated heterocycles. The van der Waals surface area contributed by atoms with Crippen molar-refractivity contribution in [2.75, 3.05) is 7.11 Å². The molecule has 0 aromatic carbocycles. The summed E-state index contributed by atoms with van der Waals surface area (Å²) in [6.07, 6.45) is 2.13. The van der Waals surface area contributed by atoms with Gasteiger partial charge in [0.1, 0.15) is 0 Å². The van der Waals surface area contributed by atoms with Gasteiger partial charge in [0, 0.05) is 11.6 Å². The summed E-state index contributed by atoms with van der Waals surface area (Å²) in [5, 5.41) is 0. The highest BCUT2D eigenvalue weighted by Gasteiger charge is 2.27. The third kappa shape index (κ3) is 2.76. The predicted molar refractivity (Wildman–Crippen MR) is 68.7 cm³/mol. The van der Waals surface area contributed by atoms with E-state index in [9.17, 15) is 0 Å². The Morgan fingerprint density at radius 1 is 1.31 bits per heavy atom. The molecule has 90 valence electrons. The number of allylic oxidation sites excluding steroid dienone is 4. The van der Waals surface area contributed by atoms with E-state index >= 15 is 0 Å². The quantitative estimate of drug-likeness (QED) is 0.578. The van der Waals surface area contributed by atoms with E-state index < -0.39 is 0 Å². The van der Waals surface area contributed by atoms with Crippen molar-refractivity contribution < 1.29 is 4.84 Å². The van der Waals surface area contributed by atoms with Crippen LogP contribution >= 0.6 is 0 Å². The molecule has 1 aliphatic carbocycles. The zero-order chi connectivity index (χ0) is 12.3. The Balaban J connectivity index is 2.97. The van der Waals surface area contributed by atoms with E-state index in [1.165, 1.54) is 22.4 Å². The zero-order valence-electron chi connectivity index (χ0n) is 10.9. The van der Waals surface area contributed by atoms with Crippen molar-refractivity contribution >= 4 is 0 Å². The minimum atomic E-state index is 0.452. The molecule has 0 saturated carbocycles. The molecule has 0 spiro atoms. The molecule has 2 heteroatoms. The largest absolute Gasteiger partial charge is 0.280 e. The maximum absolute atomic E-state index is 5.04. The Labute approximate surface area is 99.0 Å². The molecular formula is C14H23NO. The molecule has 1 rings (SSSR count). The first-order valence-corrected chi connectivity index (χ1v) is 5.76. The van der Waals surface area contributed by atoms with Crippen LogP contribution in [-0.2, 0) is 4.84 Å². The van der Waals surface area contributed by atoms with E-state index in [1.807, 2.05) is 0 Å². The van der Waals surface area contributed by atoms with Crippen molar-refractivity contribution in [3.8, 4) is 0 Å². The molecule has 0 aromatic heterocycles. The summed E-state index contributed by atoms with van der Waals surface area (Å²) in [4.78, 5) is 5.04. The highest BCUT2D eigenvalue weighted by molar-refractivity contribution is 5.26. The fourth-order valence-corrected chi connectivity index (χ4v) is 2.35. The number of rotatable bonds is 4. The molecule has 0 unspecified atom stereocenters. The van der Waals surface area contributed by atoms with E-state index in [0.717, 1.165) is 12.8 Å². The van der Waals surface area contributed by atoms with Crippen LogP contribution in [0.3, 0.4) is 0 Å². The van der Waals surface area contributed by atoms with Gasteiger partial charge in [-0.3, -0.25) is 10.3 Å². The van der Waals surface area contributed by atoms with Gasteiger partial charge in [0.15, 0.2) is 0 Å². The van der Waals surface area contributed by atoms with Gasteiger partial charge in [0.2, 0.25) is 0 Å². The monoisotopic (exact) mass is 221 g/mol. The first-order valence-electron chi connectivity index (χ1n) is 5.76. The van der Waals surface area contributed by atoms with Crippen molar-refractivity contribution in [3.63, 3.8) is 0 Å². The summed E-state index contributed by atoms with van der Waals surface area (Å²) in [7, 11) is 1.65. The van der Waals surface area contributed by atoms with Gasteiger partial charge >= 0.3 is 0 Å². The molecule has 1 N–H and O–H groups in total. The van der Waals surface area contributed by atoms with Gasteiger partial charge in [-0.05, 0) is 45.1 Å². The van der Waals surface area contributed by atoms with Crippen LogP contribution in [0.1, 0.15) is 33.6 Å². The first kappa shape index (κ1) is 13.0. The first-order chi connectivity index (χ1) is 7.47. The van der Waals surface area contributed by atoms with Crippen molar-refractivity contribution in [2.45, 2.75) is 33.6 Å². The van der Waals surface area contributed by atoms with Gasteiger partial charge in [0.05, 0.1) is 7.11 Å². The van der Waals surface area contributed by atoms with Crippen LogP contribution in [0.2, 0.25) is 0 Å². The Bertz CT molecular complexity index is 328. The number of hydrogen-bond acceptors (Lipinski definition) is 2. The molecule has 0 fully saturated rings. The smallest absolute Gasteiger partial charge is 0.0636 e. The topological polar surface area (TPSA) is 21.3 Å². The zero-order valence-corrected chi connectivity index (χ0v) is 10.9. The summed E-state index contributed by atoms with van der Waals surface area (Å²) in [5.74, 6) is 0.983. The van der Waals surface area contributed by atoms with Gasteiger partial charge < -0.3 is 0 Å². The average Bonchev–Trinajstić information content (AvgIpc) is 2.20. The lowest BCUT2D eigenvalue weighted by molar-refractivity contribution is 0.108. The lowest BCUT2D eigenvalue weighted by atomic mass is 9.75. The van der Waals surface area contributed by atoms with Crippen LogP contribution in [0, 0.1) is 11.8 Å².